The van der Waals surface area contributed by atoms with Crippen molar-refractivity contribution < 1.29 is 13.6 Å². The molecule has 3 rings (SSSR count). The predicted octanol–water partition coefficient (Wildman–Crippen LogP) is 3.94. The van der Waals surface area contributed by atoms with Gasteiger partial charge in [0.2, 0.25) is 0 Å². The number of carbonyl (C=O) groups is 1. The summed E-state index contributed by atoms with van der Waals surface area (Å²) in [5.41, 5.74) is 1.19. The third kappa shape index (κ3) is 3.27. The Hall–Kier alpha value is -2.89. The van der Waals surface area contributed by atoms with Crippen molar-refractivity contribution in [2.24, 2.45) is 0 Å². The molecule has 0 radical (unpaired) electrons. The molecule has 0 saturated heterocycles. The monoisotopic (exact) mass is 356 g/mol. The van der Waals surface area contributed by atoms with Crippen LogP contribution in [0.25, 0.3) is 11.0 Å². The normalized spacial score (nSPS) is 12.3. The van der Waals surface area contributed by atoms with E-state index in [-0.39, 0.29) is 28.9 Å². The van der Waals surface area contributed by atoms with Crippen molar-refractivity contribution in [1.29, 1.82) is 0 Å². The summed E-state index contributed by atoms with van der Waals surface area (Å²) >= 11 is 0. The zero-order chi connectivity index (χ0) is 18.8. The molecule has 1 aromatic carbocycles. The summed E-state index contributed by atoms with van der Waals surface area (Å²) in [4.78, 5) is 25.6. The van der Waals surface area contributed by atoms with Crippen molar-refractivity contribution in [3.63, 3.8) is 0 Å². The summed E-state index contributed by atoms with van der Waals surface area (Å²) in [7, 11) is 0. The number of carbonyl (C=O) groups excluding carboxylic acids is 1. The molecule has 26 heavy (non-hydrogen) atoms. The second-order valence-electron chi connectivity index (χ2n) is 6.33. The number of benzene rings is 1. The van der Waals surface area contributed by atoms with Crippen LogP contribution in [0.5, 0.6) is 0 Å². The minimum Gasteiger partial charge on any atom is -0.460 e. The fourth-order valence-corrected chi connectivity index (χ4v) is 3.06. The number of aromatic nitrogens is 1. The number of hydrogen-bond donors (Lipinski definition) is 1. The predicted molar refractivity (Wildman–Crippen MR) is 97.8 cm³/mol. The van der Waals surface area contributed by atoms with Gasteiger partial charge in [-0.25, -0.2) is 4.39 Å². The molecular formula is C20H21FN2O3. The first-order chi connectivity index (χ1) is 12.4. The molecule has 0 aliphatic heterocycles. The number of pyridine rings is 1. The van der Waals surface area contributed by atoms with Crippen molar-refractivity contribution in [1.82, 2.24) is 9.88 Å². The van der Waals surface area contributed by atoms with Crippen LogP contribution in [0.4, 0.5) is 4.39 Å². The van der Waals surface area contributed by atoms with E-state index in [4.69, 9.17) is 4.42 Å². The highest BCUT2D eigenvalue weighted by Crippen LogP contribution is 2.23. The number of rotatable bonds is 5. The number of hydrogen-bond acceptors (Lipinski definition) is 3. The summed E-state index contributed by atoms with van der Waals surface area (Å²) in [5.74, 6) is -0.319. The van der Waals surface area contributed by atoms with Gasteiger partial charge in [0.05, 0.1) is 17.0 Å². The largest absolute Gasteiger partial charge is 0.460 e. The van der Waals surface area contributed by atoms with E-state index in [1.165, 1.54) is 12.1 Å². The quantitative estimate of drug-likeness (QED) is 0.753. The lowest BCUT2D eigenvalue weighted by Crippen LogP contribution is -2.28. The fraction of sp³-hybridized carbons (Fsp3) is 0.300. The Balaban J connectivity index is 1.97. The van der Waals surface area contributed by atoms with E-state index in [0.717, 1.165) is 12.0 Å². The van der Waals surface area contributed by atoms with Crippen LogP contribution in [0.2, 0.25) is 0 Å². The van der Waals surface area contributed by atoms with Gasteiger partial charge in [-0.2, -0.15) is 0 Å². The highest BCUT2D eigenvalue weighted by atomic mass is 19.1. The molecule has 0 fully saturated rings. The Bertz CT molecular complexity index is 1000. The topological polar surface area (TPSA) is 64.2 Å². The molecule has 2 heterocycles. The van der Waals surface area contributed by atoms with Crippen molar-refractivity contribution in [3.8, 4) is 0 Å². The van der Waals surface area contributed by atoms with Gasteiger partial charge in [0, 0.05) is 12.7 Å². The van der Waals surface area contributed by atoms with E-state index >= 15 is 0 Å². The molecule has 2 aromatic heterocycles. The molecule has 0 aliphatic rings. The van der Waals surface area contributed by atoms with Gasteiger partial charge in [0.1, 0.15) is 17.2 Å². The first kappa shape index (κ1) is 17.9. The van der Waals surface area contributed by atoms with Crippen LogP contribution in [0.1, 0.15) is 48.0 Å². The lowest BCUT2D eigenvalue weighted by Gasteiger charge is -2.14. The van der Waals surface area contributed by atoms with Crippen LogP contribution in [0, 0.1) is 12.7 Å². The van der Waals surface area contributed by atoms with Crippen LogP contribution in [0.3, 0.4) is 0 Å². The number of aryl methyl sites for hydroxylation is 2. The Morgan fingerprint density at radius 3 is 2.62 bits per heavy atom. The van der Waals surface area contributed by atoms with Gasteiger partial charge in [0.15, 0.2) is 0 Å². The number of fused-ring (bicyclic) bond motifs is 1. The molecule has 1 atom stereocenters. The summed E-state index contributed by atoms with van der Waals surface area (Å²) in [6.45, 7) is 6.03. The van der Waals surface area contributed by atoms with Crippen molar-refractivity contribution >= 4 is 16.9 Å². The molecule has 0 saturated carbocycles. The lowest BCUT2D eigenvalue weighted by atomic mass is 10.1. The van der Waals surface area contributed by atoms with E-state index in [9.17, 15) is 14.0 Å². The van der Waals surface area contributed by atoms with Crippen LogP contribution >= 0.6 is 0 Å². The van der Waals surface area contributed by atoms with E-state index in [1.54, 1.807) is 42.8 Å². The second-order valence-corrected chi connectivity index (χ2v) is 6.33. The smallest absolute Gasteiger partial charge is 0.262 e. The Kier molecular flexibility index (Phi) is 4.93. The Morgan fingerprint density at radius 1 is 1.27 bits per heavy atom. The SMILES string of the molecule is CCCn1ccc2oc(C)c(C(=O)N[C@@H](C)c3ccc(F)cc3)c2c1=O. The van der Waals surface area contributed by atoms with Gasteiger partial charge in [0.25, 0.3) is 11.5 Å². The van der Waals surface area contributed by atoms with Gasteiger partial charge in [-0.3, -0.25) is 9.59 Å². The fourth-order valence-electron chi connectivity index (χ4n) is 3.06. The van der Waals surface area contributed by atoms with Crippen LogP contribution < -0.4 is 10.9 Å². The molecule has 5 nitrogen and oxygen atoms in total. The van der Waals surface area contributed by atoms with Gasteiger partial charge in [-0.05, 0) is 44.0 Å². The standard InChI is InChI=1S/C20H21FN2O3/c1-4-10-23-11-9-16-18(20(23)25)17(13(3)26-16)19(24)22-12(2)14-5-7-15(21)8-6-14/h5-9,11-12H,4,10H2,1-3H3,(H,22,24)/t12-/m0/s1. The van der Waals surface area contributed by atoms with Gasteiger partial charge < -0.3 is 14.3 Å². The third-order valence-electron chi connectivity index (χ3n) is 4.40. The van der Waals surface area contributed by atoms with Crippen molar-refractivity contribution in [3.05, 3.63) is 69.6 Å². The van der Waals surface area contributed by atoms with E-state index in [1.807, 2.05) is 6.92 Å². The minimum atomic E-state index is -0.385. The van der Waals surface area contributed by atoms with Gasteiger partial charge in [-0.15, -0.1) is 0 Å². The number of furan rings is 1. The summed E-state index contributed by atoms with van der Waals surface area (Å²) in [5, 5.41) is 3.15. The molecule has 0 bridgehead atoms. The molecule has 1 amide bonds. The van der Waals surface area contributed by atoms with Crippen molar-refractivity contribution in [2.75, 3.05) is 0 Å². The number of nitrogens with one attached hydrogen (secondary N) is 1. The highest BCUT2D eigenvalue weighted by molar-refractivity contribution is 6.07. The van der Waals surface area contributed by atoms with Gasteiger partial charge in [-0.1, -0.05) is 19.1 Å². The molecule has 1 N–H and O–H groups in total. The van der Waals surface area contributed by atoms with E-state index < -0.39 is 0 Å². The van der Waals surface area contributed by atoms with Crippen molar-refractivity contribution in [2.45, 2.75) is 39.8 Å². The summed E-state index contributed by atoms with van der Waals surface area (Å²) in [6, 6.07) is 7.30. The Morgan fingerprint density at radius 2 is 1.96 bits per heavy atom. The van der Waals surface area contributed by atoms with Crippen LogP contribution in [-0.4, -0.2) is 10.5 Å². The van der Waals surface area contributed by atoms with Crippen LogP contribution in [-0.2, 0) is 6.54 Å². The first-order valence-electron chi connectivity index (χ1n) is 8.61. The number of halogens is 1. The van der Waals surface area contributed by atoms with E-state index in [0.29, 0.717) is 23.3 Å². The molecule has 0 unspecified atom stereocenters. The maximum atomic E-state index is 13.1. The molecule has 3 aromatic rings. The van der Waals surface area contributed by atoms with E-state index in [2.05, 4.69) is 5.32 Å². The summed E-state index contributed by atoms with van der Waals surface area (Å²) < 4.78 is 20.3. The molecule has 0 spiro atoms. The third-order valence-corrected chi connectivity index (χ3v) is 4.40. The lowest BCUT2D eigenvalue weighted by molar-refractivity contribution is 0.0939. The Labute approximate surface area is 150 Å². The maximum absolute atomic E-state index is 13.1. The second kappa shape index (κ2) is 7.15. The average Bonchev–Trinajstić information content (AvgIpc) is 2.95. The number of nitrogens with zero attached hydrogens (tertiary/aromatic N) is 1. The molecule has 0 aliphatic carbocycles. The maximum Gasteiger partial charge on any atom is 0.262 e. The first-order valence-corrected chi connectivity index (χ1v) is 8.61. The molecule has 6 heteroatoms. The molecular weight excluding hydrogens is 335 g/mol. The highest BCUT2D eigenvalue weighted by Gasteiger charge is 2.23. The average molecular weight is 356 g/mol. The zero-order valence-electron chi connectivity index (χ0n) is 15.0. The number of amides is 1. The van der Waals surface area contributed by atoms with Crippen LogP contribution in [0.15, 0.2) is 45.7 Å². The summed E-state index contributed by atoms with van der Waals surface area (Å²) in [6.07, 6.45) is 2.49. The van der Waals surface area contributed by atoms with Gasteiger partial charge >= 0.3 is 0 Å². The zero-order valence-corrected chi connectivity index (χ0v) is 15.0. The molecule has 136 valence electrons. The minimum absolute atomic E-state index is 0.235.